The Morgan fingerprint density at radius 2 is 1.42 bits per heavy atom. The summed E-state index contributed by atoms with van der Waals surface area (Å²) in [5, 5.41) is 0.522. The van der Waals surface area contributed by atoms with E-state index in [2.05, 4.69) is 24.3 Å². The van der Waals surface area contributed by atoms with Crippen molar-refractivity contribution in [2.75, 3.05) is 7.11 Å². The molecule has 0 bridgehead atoms. The molecular weight excluding hydrogens is 450 g/mol. The molecule has 6 rings (SSSR count). The lowest BCUT2D eigenvalue weighted by Gasteiger charge is -2.08. The van der Waals surface area contributed by atoms with Crippen LogP contribution in [0, 0.1) is 0 Å². The monoisotopic (exact) mass is 475 g/mol. The Kier molecular flexibility index (Phi) is 5.65. The number of nitrogens with zero attached hydrogens (tertiary/aromatic N) is 5. The predicted octanol–water partition coefficient (Wildman–Crippen LogP) is 4.79. The lowest BCUT2D eigenvalue weighted by molar-refractivity contribution is 0.414. The fourth-order valence-electron chi connectivity index (χ4n) is 4.64. The van der Waals surface area contributed by atoms with E-state index >= 15 is 0 Å². The Bertz CT molecular complexity index is 1740. The third-order valence-corrected chi connectivity index (χ3v) is 6.59. The second-order valence-corrected chi connectivity index (χ2v) is 8.81. The van der Waals surface area contributed by atoms with Gasteiger partial charge in [-0.3, -0.25) is 9.36 Å². The molecule has 0 atom stereocenters. The number of hydrogen-bond donors (Lipinski definition) is 0. The smallest absolute Gasteiger partial charge is 0.265 e. The highest BCUT2D eigenvalue weighted by Gasteiger charge is 2.19. The first-order valence-electron chi connectivity index (χ1n) is 12.0. The summed E-state index contributed by atoms with van der Waals surface area (Å²) < 4.78 is 8.98. The molecule has 0 unspecified atom stereocenters. The van der Waals surface area contributed by atoms with Crippen molar-refractivity contribution < 1.29 is 4.74 Å². The second kappa shape index (κ2) is 9.26. The Hall–Kier alpha value is -4.52. The van der Waals surface area contributed by atoms with Crippen LogP contribution in [0.2, 0.25) is 0 Å². The third kappa shape index (κ3) is 3.98. The zero-order valence-corrected chi connectivity index (χ0v) is 20.0. The molecule has 0 fully saturated rings. The van der Waals surface area contributed by atoms with Crippen molar-refractivity contribution in [2.45, 2.75) is 25.9 Å². The van der Waals surface area contributed by atoms with Crippen LogP contribution < -0.4 is 10.3 Å². The normalized spacial score (nSPS) is 11.5. The molecule has 0 saturated carbocycles. The third-order valence-electron chi connectivity index (χ3n) is 6.59. The van der Waals surface area contributed by atoms with E-state index in [-0.39, 0.29) is 5.56 Å². The molecule has 0 saturated heterocycles. The summed E-state index contributed by atoms with van der Waals surface area (Å²) in [6.07, 6.45) is 3.16. The number of hydrogen-bond acceptors (Lipinski definition) is 5. The molecular formula is C29H25N5O2. The van der Waals surface area contributed by atoms with Crippen LogP contribution in [-0.4, -0.2) is 31.2 Å². The summed E-state index contributed by atoms with van der Waals surface area (Å²) >= 11 is 0. The summed E-state index contributed by atoms with van der Waals surface area (Å²) in [6, 6.07) is 25.9. The van der Waals surface area contributed by atoms with E-state index in [1.54, 1.807) is 18.0 Å². The molecule has 0 radical (unpaired) electrons. The number of aryl methyl sites for hydroxylation is 4. The largest absolute Gasteiger partial charge is 0.497 e. The van der Waals surface area contributed by atoms with Gasteiger partial charge in [-0.15, -0.1) is 0 Å². The van der Waals surface area contributed by atoms with Crippen LogP contribution >= 0.6 is 0 Å². The van der Waals surface area contributed by atoms with Crippen LogP contribution in [0.4, 0.5) is 0 Å². The minimum absolute atomic E-state index is 0.0892. The number of fused-ring (bicyclic) bond motifs is 4. The van der Waals surface area contributed by atoms with Crippen molar-refractivity contribution in [1.82, 2.24) is 24.1 Å². The van der Waals surface area contributed by atoms with E-state index in [9.17, 15) is 4.79 Å². The Morgan fingerprint density at radius 1 is 0.750 bits per heavy atom. The first-order chi connectivity index (χ1) is 17.7. The molecule has 3 aromatic carbocycles. The van der Waals surface area contributed by atoms with Gasteiger partial charge in [-0.05, 0) is 48.2 Å². The maximum atomic E-state index is 13.7. The Balaban J connectivity index is 1.45. The Morgan fingerprint density at radius 3 is 2.17 bits per heavy atom. The van der Waals surface area contributed by atoms with Gasteiger partial charge in [0.2, 0.25) is 0 Å². The number of ether oxygens (including phenoxy) is 1. The molecule has 0 spiro atoms. The minimum atomic E-state index is -0.0892. The van der Waals surface area contributed by atoms with Gasteiger partial charge in [0, 0.05) is 13.1 Å². The van der Waals surface area contributed by atoms with Gasteiger partial charge in [0.25, 0.3) is 5.56 Å². The van der Waals surface area contributed by atoms with E-state index < -0.39 is 0 Å². The van der Waals surface area contributed by atoms with E-state index in [0.717, 1.165) is 35.2 Å². The molecule has 0 N–H and O–H groups in total. The quantitative estimate of drug-likeness (QED) is 0.332. The fraction of sp³-hybridized carbons (Fsp3) is 0.172. The average Bonchev–Trinajstić information content (AvgIpc) is 3.24. The molecule has 7 nitrogen and oxygen atoms in total. The Labute approximate surface area is 207 Å². The summed E-state index contributed by atoms with van der Waals surface area (Å²) in [4.78, 5) is 28.2. The molecule has 3 aromatic heterocycles. The molecule has 7 heteroatoms. The molecule has 0 aliphatic carbocycles. The summed E-state index contributed by atoms with van der Waals surface area (Å²) in [6.45, 7) is 1.17. The van der Waals surface area contributed by atoms with Gasteiger partial charge in [0.05, 0.1) is 24.5 Å². The lowest BCUT2D eigenvalue weighted by atomic mass is 10.1. The van der Waals surface area contributed by atoms with Gasteiger partial charge in [0.1, 0.15) is 16.7 Å². The number of methoxy groups -OCH3 is 1. The van der Waals surface area contributed by atoms with E-state index in [1.165, 1.54) is 5.56 Å². The van der Waals surface area contributed by atoms with Crippen LogP contribution in [0.5, 0.6) is 5.75 Å². The number of rotatable bonds is 7. The maximum absolute atomic E-state index is 13.7. The van der Waals surface area contributed by atoms with Crippen molar-refractivity contribution in [1.29, 1.82) is 0 Å². The highest BCUT2D eigenvalue weighted by atomic mass is 16.5. The first-order valence-corrected chi connectivity index (χ1v) is 12.0. The number of aromatic nitrogens is 5. The van der Waals surface area contributed by atoms with Crippen molar-refractivity contribution in [3.8, 4) is 5.75 Å². The molecule has 0 amide bonds. The van der Waals surface area contributed by atoms with Crippen LogP contribution in [0.1, 0.15) is 11.1 Å². The second-order valence-electron chi connectivity index (χ2n) is 8.81. The maximum Gasteiger partial charge on any atom is 0.265 e. The molecule has 6 aromatic rings. The minimum Gasteiger partial charge on any atom is -0.497 e. The van der Waals surface area contributed by atoms with Crippen LogP contribution in [0.25, 0.3) is 33.2 Å². The molecule has 178 valence electrons. The van der Waals surface area contributed by atoms with E-state index in [1.807, 2.05) is 59.2 Å². The first kappa shape index (κ1) is 22.0. The van der Waals surface area contributed by atoms with Crippen molar-refractivity contribution in [3.05, 3.63) is 107 Å². The fourth-order valence-corrected chi connectivity index (χ4v) is 4.64. The molecule has 3 heterocycles. The van der Waals surface area contributed by atoms with Gasteiger partial charge in [-0.2, -0.15) is 0 Å². The summed E-state index contributed by atoms with van der Waals surface area (Å²) in [5.41, 5.74) is 5.71. The van der Waals surface area contributed by atoms with Crippen molar-refractivity contribution in [2.24, 2.45) is 0 Å². The van der Waals surface area contributed by atoms with Crippen LogP contribution in [0.3, 0.4) is 0 Å². The summed E-state index contributed by atoms with van der Waals surface area (Å²) in [5.74, 6) is 0.825. The van der Waals surface area contributed by atoms with Crippen molar-refractivity contribution >= 4 is 33.2 Å². The molecule has 0 aliphatic heterocycles. The lowest BCUT2D eigenvalue weighted by Crippen LogP contribution is -2.22. The predicted molar refractivity (Wildman–Crippen MR) is 141 cm³/mol. The SMILES string of the molecule is COc1ccc(CCn2c3nc4ccccc4nc3c3c(=O)n(CCc4ccccc4)cnc32)cc1. The zero-order valence-electron chi connectivity index (χ0n) is 20.0. The van der Waals surface area contributed by atoms with Gasteiger partial charge in [0.15, 0.2) is 11.3 Å². The standard InChI is InChI=1S/C29H25N5O2/c1-36-22-13-11-21(12-14-22)16-18-34-27-25(26-28(34)32-24-10-6-5-9-23(24)31-26)29(35)33(19-30-27)17-15-20-7-3-2-4-8-20/h2-14,19H,15-18H2,1H3. The summed E-state index contributed by atoms with van der Waals surface area (Å²) in [7, 11) is 1.66. The number of benzene rings is 3. The van der Waals surface area contributed by atoms with Gasteiger partial charge in [-0.25, -0.2) is 15.0 Å². The van der Waals surface area contributed by atoms with Crippen molar-refractivity contribution in [3.63, 3.8) is 0 Å². The van der Waals surface area contributed by atoms with E-state index in [4.69, 9.17) is 19.7 Å². The average molecular weight is 476 g/mol. The highest BCUT2D eigenvalue weighted by molar-refractivity contribution is 6.04. The van der Waals surface area contributed by atoms with E-state index in [0.29, 0.717) is 35.3 Å². The zero-order chi connectivity index (χ0) is 24.5. The van der Waals surface area contributed by atoms with Gasteiger partial charge >= 0.3 is 0 Å². The molecule has 0 aliphatic rings. The van der Waals surface area contributed by atoms with Gasteiger partial charge < -0.3 is 9.30 Å². The van der Waals surface area contributed by atoms with Crippen LogP contribution in [0.15, 0.2) is 90.0 Å². The topological polar surface area (TPSA) is 74.8 Å². The highest BCUT2D eigenvalue weighted by Crippen LogP contribution is 2.25. The van der Waals surface area contributed by atoms with Gasteiger partial charge in [-0.1, -0.05) is 54.6 Å². The van der Waals surface area contributed by atoms with Crippen LogP contribution in [-0.2, 0) is 25.9 Å². The number of para-hydroxylation sites is 2. The molecule has 36 heavy (non-hydrogen) atoms.